The summed E-state index contributed by atoms with van der Waals surface area (Å²) >= 11 is 0. The molecule has 1 nitrogen and oxygen atoms in total. The third kappa shape index (κ3) is 2.16. The monoisotopic (exact) mass is 179 g/mol. The maximum atomic E-state index is 13.2. The minimum Gasteiger partial charge on any atom is -0.323 e. The van der Waals surface area contributed by atoms with Gasteiger partial charge in [0, 0.05) is 11.6 Å². The van der Waals surface area contributed by atoms with Gasteiger partial charge < -0.3 is 5.73 Å². The first-order valence-electron chi connectivity index (χ1n) is 4.29. The Morgan fingerprint density at radius 1 is 1.46 bits per heavy atom. The van der Waals surface area contributed by atoms with E-state index in [0.717, 1.165) is 0 Å². The van der Waals surface area contributed by atoms with Gasteiger partial charge in [-0.3, -0.25) is 0 Å². The van der Waals surface area contributed by atoms with Crippen LogP contribution >= 0.6 is 0 Å². The number of benzene rings is 1. The van der Waals surface area contributed by atoms with Crippen LogP contribution in [-0.2, 0) is 0 Å². The van der Waals surface area contributed by atoms with Crippen molar-refractivity contribution >= 4 is 0 Å². The summed E-state index contributed by atoms with van der Waals surface area (Å²) in [5, 5.41) is 0. The molecule has 1 rings (SSSR count). The molecule has 2 N–H and O–H groups in total. The summed E-state index contributed by atoms with van der Waals surface area (Å²) in [7, 11) is 0. The average molecular weight is 179 g/mol. The van der Waals surface area contributed by atoms with Crippen LogP contribution in [0.1, 0.15) is 18.5 Å². The van der Waals surface area contributed by atoms with Crippen molar-refractivity contribution in [2.45, 2.75) is 13.0 Å². The average Bonchev–Trinajstić information content (AvgIpc) is 2.16. The third-order valence-corrected chi connectivity index (χ3v) is 2.20. The predicted molar refractivity (Wildman–Crippen MR) is 52.7 cm³/mol. The van der Waals surface area contributed by atoms with Gasteiger partial charge >= 0.3 is 0 Å². The summed E-state index contributed by atoms with van der Waals surface area (Å²) in [5.74, 6) is -0.166. The molecule has 0 unspecified atom stereocenters. The Labute approximate surface area is 78.1 Å². The summed E-state index contributed by atoms with van der Waals surface area (Å²) < 4.78 is 13.2. The third-order valence-electron chi connectivity index (χ3n) is 2.20. The number of hydrogen-bond donors (Lipinski definition) is 1. The van der Waals surface area contributed by atoms with Gasteiger partial charge in [-0.1, -0.05) is 31.2 Å². The number of halogens is 1. The first kappa shape index (κ1) is 9.93. The number of nitrogens with two attached hydrogens (primary N) is 1. The second kappa shape index (κ2) is 4.19. The first-order chi connectivity index (χ1) is 6.16. The summed E-state index contributed by atoms with van der Waals surface area (Å²) in [6.45, 7) is 5.56. The van der Waals surface area contributed by atoms with E-state index >= 15 is 0 Å². The van der Waals surface area contributed by atoms with Crippen molar-refractivity contribution in [3.63, 3.8) is 0 Å². The SMILES string of the molecule is C=C[C@H](C)[C@H](N)c1ccccc1F. The maximum Gasteiger partial charge on any atom is 0.127 e. The Bertz CT molecular complexity index is 296. The van der Waals surface area contributed by atoms with E-state index in [4.69, 9.17) is 5.73 Å². The van der Waals surface area contributed by atoms with Crippen LogP contribution in [0, 0.1) is 11.7 Å². The van der Waals surface area contributed by atoms with E-state index in [2.05, 4.69) is 6.58 Å². The summed E-state index contributed by atoms with van der Waals surface area (Å²) in [5.41, 5.74) is 6.39. The fourth-order valence-corrected chi connectivity index (χ4v) is 1.18. The molecule has 13 heavy (non-hydrogen) atoms. The van der Waals surface area contributed by atoms with Crippen LogP contribution in [0.5, 0.6) is 0 Å². The van der Waals surface area contributed by atoms with Crippen LogP contribution in [0.15, 0.2) is 36.9 Å². The lowest BCUT2D eigenvalue weighted by Crippen LogP contribution is -2.18. The normalized spacial score (nSPS) is 15.0. The largest absolute Gasteiger partial charge is 0.323 e. The number of rotatable bonds is 3. The maximum absolute atomic E-state index is 13.2. The summed E-state index contributed by atoms with van der Waals surface area (Å²) in [6, 6.07) is 6.27. The molecule has 0 saturated carbocycles. The summed E-state index contributed by atoms with van der Waals surface area (Å²) in [6.07, 6.45) is 1.73. The molecule has 70 valence electrons. The van der Waals surface area contributed by atoms with Gasteiger partial charge in [-0.15, -0.1) is 6.58 Å². The van der Waals surface area contributed by atoms with E-state index in [0.29, 0.717) is 5.56 Å². The standard InChI is InChI=1S/C11H14FN/c1-3-8(2)11(13)9-6-4-5-7-10(9)12/h3-8,11H,1,13H2,2H3/t8-,11-/m0/s1. The Morgan fingerprint density at radius 3 is 2.62 bits per heavy atom. The van der Waals surface area contributed by atoms with Gasteiger partial charge in [-0.2, -0.15) is 0 Å². The molecule has 0 aromatic heterocycles. The molecule has 2 atom stereocenters. The molecular formula is C11H14FN. The van der Waals surface area contributed by atoms with Gasteiger partial charge in [0.05, 0.1) is 0 Å². The van der Waals surface area contributed by atoms with E-state index in [1.54, 1.807) is 24.3 Å². The zero-order chi connectivity index (χ0) is 9.84. The molecule has 0 heterocycles. The van der Waals surface area contributed by atoms with Crippen molar-refractivity contribution in [1.29, 1.82) is 0 Å². The second-order valence-corrected chi connectivity index (χ2v) is 3.14. The van der Waals surface area contributed by atoms with E-state index in [-0.39, 0.29) is 17.8 Å². The molecule has 1 aromatic rings. The summed E-state index contributed by atoms with van der Waals surface area (Å²) in [4.78, 5) is 0. The molecule has 0 spiro atoms. The lowest BCUT2D eigenvalue weighted by atomic mass is 9.95. The highest BCUT2D eigenvalue weighted by molar-refractivity contribution is 5.22. The molecule has 0 aliphatic heterocycles. The highest BCUT2D eigenvalue weighted by atomic mass is 19.1. The van der Waals surface area contributed by atoms with Crippen LogP contribution in [0.2, 0.25) is 0 Å². The Balaban J connectivity index is 2.94. The van der Waals surface area contributed by atoms with Gasteiger partial charge in [-0.25, -0.2) is 4.39 Å². The van der Waals surface area contributed by atoms with E-state index < -0.39 is 0 Å². The molecular weight excluding hydrogens is 165 g/mol. The smallest absolute Gasteiger partial charge is 0.127 e. The van der Waals surface area contributed by atoms with Gasteiger partial charge in [0.15, 0.2) is 0 Å². The Kier molecular flexibility index (Phi) is 3.20. The molecule has 0 bridgehead atoms. The number of hydrogen-bond acceptors (Lipinski definition) is 1. The highest BCUT2D eigenvalue weighted by Gasteiger charge is 2.14. The highest BCUT2D eigenvalue weighted by Crippen LogP contribution is 2.21. The molecule has 0 fully saturated rings. The molecule has 0 aliphatic rings. The minimum absolute atomic E-state index is 0.0805. The minimum atomic E-state index is -0.307. The Morgan fingerprint density at radius 2 is 2.08 bits per heavy atom. The molecule has 2 heteroatoms. The van der Waals surface area contributed by atoms with E-state index in [9.17, 15) is 4.39 Å². The van der Waals surface area contributed by atoms with E-state index in [1.807, 2.05) is 6.92 Å². The second-order valence-electron chi connectivity index (χ2n) is 3.14. The fourth-order valence-electron chi connectivity index (χ4n) is 1.18. The molecule has 0 amide bonds. The zero-order valence-corrected chi connectivity index (χ0v) is 7.70. The van der Waals surface area contributed by atoms with Crippen molar-refractivity contribution in [3.05, 3.63) is 48.3 Å². The molecule has 0 radical (unpaired) electrons. The van der Waals surface area contributed by atoms with Crippen molar-refractivity contribution < 1.29 is 4.39 Å². The lowest BCUT2D eigenvalue weighted by molar-refractivity contribution is 0.521. The van der Waals surface area contributed by atoms with Crippen molar-refractivity contribution in [2.75, 3.05) is 0 Å². The van der Waals surface area contributed by atoms with Gasteiger partial charge in [0.2, 0.25) is 0 Å². The van der Waals surface area contributed by atoms with Gasteiger partial charge in [-0.05, 0) is 12.0 Å². The van der Waals surface area contributed by atoms with E-state index in [1.165, 1.54) is 6.07 Å². The van der Waals surface area contributed by atoms with Crippen molar-refractivity contribution in [1.82, 2.24) is 0 Å². The molecule has 0 aliphatic carbocycles. The van der Waals surface area contributed by atoms with Crippen molar-refractivity contribution in [3.8, 4) is 0 Å². The Hall–Kier alpha value is -1.15. The predicted octanol–water partition coefficient (Wildman–Crippen LogP) is 2.65. The zero-order valence-electron chi connectivity index (χ0n) is 7.70. The van der Waals surface area contributed by atoms with Crippen LogP contribution < -0.4 is 5.73 Å². The molecule has 0 saturated heterocycles. The molecule has 1 aromatic carbocycles. The van der Waals surface area contributed by atoms with Crippen LogP contribution in [0.3, 0.4) is 0 Å². The van der Waals surface area contributed by atoms with Gasteiger partial charge in [0.1, 0.15) is 5.82 Å². The quantitative estimate of drug-likeness (QED) is 0.709. The fraction of sp³-hybridized carbons (Fsp3) is 0.273. The van der Waals surface area contributed by atoms with Gasteiger partial charge in [0.25, 0.3) is 0 Å². The van der Waals surface area contributed by atoms with Crippen LogP contribution in [0.4, 0.5) is 4.39 Å². The van der Waals surface area contributed by atoms with Crippen LogP contribution in [-0.4, -0.2) is 0 Å². The topological polar surface area (TPSA) is 26.0 Å². The van der Waals surface area contributed by atoms with Crippen molar-refractivity contribution in [2.24, 2.45) is 11.7 Å². The lowest BCUT2D eigenvalue weighted by Gasteiger charge is -2.17. The first-order valence-corrected chi connectivity index (χ1v) is 4.29. The van der Waals surface area contributed by atoms with Crippen LogP contribution in [0.25, 0.3) is 0 Å².